The van der Waals surface area contributed by atoms with Crippen molar-refractivity contribution in [3.05, 3.63) is 40.0 Å². The predicted octanol–water partition coefficient (Wildman–Crippen LogP) is 4.79. The first-order valence-corrected chi connectivity index (χ1v) is 9.61. The number of nitrogens with one attached hydrogen (secondary N) is 1. The third-order valence-electron chi connectivity index (χ3n) is 5.36. The number of amides is 2. The number of halogens is 3. The molecule has 2 amide bonds. The van der Waals surface area contributed by atoms with Gasteiger partial charge < -0.3 is 14.7 Å². The van der Waals surface area contributed by atoms with Crippen LogP contribution in [0.2, 0.25) is 10.0 Å². The zero-order chi connectivity index (χ0) is 19.2. The van der Waals surface area contributed by atoms with E-state index in [4.69, 9.17) is 27.7 Å². The van der Waals surface area contributed by atoms with E-state index >= 15 is 0 Å². The molecule has 0 bridgehead atoms. The molecule has 0 unspecified atom stereocenters. The van der Waals surface area contributed by atoms with E-state index in [0.717, 1.165) is 0 Å². The second kappa shape index (κ2) is 6.95. The Morgan fingerprint density at radius 2 is 1.96 bits per heavy atom. The summed E-state index contributed by atoms with van der Waals surface area (Å²) in [5, 5.41) is 7.62. The van der Waals surface area contributed by atoms with Gasteiger partial charge in [-0.15, -0.1) is 0 Å². The van der Waals surface area contributed by atoms with Gasteiger partial charge in [-0.25, -0.2) is 9.18 Å². The van der Waals surface area contributed by atoms with Crippen molar-refractivity contribution in [3.8, 4) is 0 Å². The van der Waals surface area contributed by atoms with E-state index in [1.165, 1.54) is 0 Å². The Labute approximate surface area is 166 Å². The second-order valence-corrected chi connectivity index (χ2v) is 8.20. The number of hydrogen-bond acceptors (Lipinski definition) is 4. The lowest BCUT2D eigenvalue weighted by Crippen LogP contribution is -2.46. The van der Waals surface area contributed by atoms with Crippen molar-refractivity contribution in [1.29, 1.82) is 0 Å². The van der Waals surface area contributed by atoms with Gasteiger partial charge in [-0.3, -0.25) is 0 Å². The molecule has 9 heteroatoms. The summed E-state index contributed by atoms with van der Waals surface area (Å²) in [6, 6.07) is 4.82. The van der Waals surface area contributed by atoms with Crippen molar-refractivity contribution < 1.29 is 13.7 Å². The molecule has 2 aromatic rings. The second-order valence-electron chi connectivity index (χ2n) is 7.39. The van der Waals surface area contributed by atoms with E-state index < -0.39 is 6.17 Å². The van der Waals surface area contributed by atoms with Crippen LogP contribution in [0.15, 0.2) is 22.7 Å². The number of rotatable bonds is 3. The Balaban J connectivity index is 1.39. The molecule has 2 fully saturated rings. The summed E-state index contributed by atoms with van der Waals surface area (Å²) in [4.78, 5) is 18.7. The number of para-hydroxylation sites is 1. The van der Waals surface area contributed by atoms with E-state index in [0.29, 0.717) is 59.8 Å². The number of carbonyl (C=O) groups excluding carboxylic acids is 1. The highest BCUT2D eigenvalue weighted by Gasteiger charge is 2.45. The van der Waals surface area contributed by atoms with Gasteiger partial charge in [0.1, 0.15) is 6.17 Å². The summed E-state index contributed by atoms with van der Waals surface area (Å²) < 4.78 is 18.4. The standard InChI is InChI=1S/C18H19Cl2FN4O2/c1-18(16-23-15(27-24-16)10-9-13(10)21)5-7-25(8-6-18)17(26)22-14-11(19)3-2-4-12(14)20/h2-4,10,13H,5-9H2,1H3,(H,22,26)/t10-,13+/m1/s1. The molecule has 27 heavy (non-hydrogen) atoms. The van der Waals surface area contributed by atoms with Crippen LogP contribution >= 0.6 is 23.2 Å². The summed E-state index contributed by atoms with van der Waals surface area (Å²) in [5.41, 5.74) is 0.105. The highest BCUT2D eigenvalue weighted by atomic mass is 35.5. The number of hydrogen-bond donors (Lipinski definition) is 1. The van der Waals surface area contributed by atoms with Crippen LogP contribution in [0.1, 0.15) is 43.8 Å². The predicted molar refractivity (Wildman–Crippen MR) is 100 cm³/mol. The number of piperidine rings is 1. The first kappa shape index (κ1) is 18.5. The molecule has 144 valence electrons. The van der Waals surface area contributed by atoms with Crippen molar-refractivity contribution in [2.24, 2.45) is 0 Å². The van der Waals surface area contributed by atoms with Gasteiger partial charge in [0.05, 0.1) is 21.7 Å². The van der Waals surface area contributed by atoms with Crippen molar-refractivity contribution in [2.45, 2.75) is 43.7 Å². The lowest BCUT2D eigenvalue weighted by atomic mass is 9.80. The zero-order valence-electron chi connectivity index (χ0n) is 14.7. The fraction of sp³-hybridized carbons (Fsp3) is 0.500. The van der Waals surface area contributed by atoms with Gasteiger partial charge in [-0.05, 0) is 31.4 Å². The minimum Gasteiger partial charge on any atom is -0.339 e. The van der Waals surface area contributed by atoms with E-state index in [1.54, 1.807) is 23.1 Å². The maximum absolute atomic E-state index is 13.2. The van der Waals surface area contributed by atoms with E-state index in [1.807, 2.05) is 6.92 Å². The largest absolute Gasteiger partial charge is 0.339 e. The first-order valence-electron chi connectivity index (χ1n) is 8.85. The summed E-state index contributed by atoms with van der Waals surface area (Å²) in [6.07, 6.45) is 0.948. The molecule has 1 N–H and O–H groups in total. The lowest BCUT2D eigenvalue weighted by molar-refractivity contribution is 0.169. The molecule has 4 rings (SSSR count). The molecule has 2 heterocycles. The number of likely N-dealkylation sites (tertiary alicyclic amines) is 1. The molecule has 1 aliphatic heterocycles. The van der Waals surface area contributed by atoms with Crippen LogP contribution in [0.4, 0.5) is 14.9 Å². The summed E-state index contributed by atoms with van der Waals surface area (Å²) in [5.74, 6) is 0.721. The van der Waals surface area contributed by atoms with Crippen LogP contribution in [0.25, 0.3) is 0 Å². The molecule has 1 saturated heterocycles. The average molecular weight is 413 g/mol. The highest BCUT2D eigenvalue weighted by molar-refractivity contribution is 6.39. The third kappa shape index (κ3) is 3.62. The normalized spacial score (nSPS) is 23.9. The van der Waals surface area contributed by atoms with Gasteiger partial charge in [0.15, 0.2) is 5.82 Å². The molecule has 1 aromatic carbocycles. The number of alkyl halides is 1. The Kier molecular flexibility index (Phi) is 4.76. The fourth-order valence-electron chi connectivity index (χ4n) is 3.28. The average Bonchev–Trinajstić information content (AvgIpc) is 3.17. The number of nitrogens with zero attached hydrogens (tertiary/aromatic N) is 3. The maximum Gasteiger partial charge on any atom is 0.321 e. The van der Waals surface area contributed by atoms with Crippen LogP contribution in [0, 0.1) is 0 Å². The van der Waals surface area contributed by atoms with Gasteiger partial charge in [0.2, 0.25) is 5.89 Å². The smallest absolute Gasteiger partial charge is 0.321 e. The van der Waals surface area contributed by atoms with Crippen molar-refractivity contribution >= 4 is 34.9 Å². The summed E-state index contributed by atoms with van der Waals surface area (Å²) >= 11 is 12.2. The summed E-state index contributed by atoms with van der Waals surface area (Å²) in [6.45, 7) is 3.11. The number of urea groups is 1. The maximum atomic E-state index is 13.2. The molecule has 0 spiro atoms. The van der Waals surface area contributed by atoms with Crippen LogP contribution in [-0.4, -0.2) is 40.3 Å². The molecule has 1 aliphatic carbocycles. The Morgan fingerprint density at radius 3 is 2.56 bits per heavy atom. The summed E-state index contributed by atoms with van der Waals surface area (Å²) in [7, 11) is 0. The van der Waals surface area contributed by atoms with E-state index in [2.05, 4.69) is 15.5 Å². The van der Waals surface area contributed by atoms with Gasteiger partial charge in [0, 0.05) is 18.5 Å². The van der Waals surface area contributed by atoms with E-state index in [9.17, 15) is 9.18 Å². The molecule has 2 aliphatic rings. The van der Waals surface area contributed by atoms with Crippen molar-refractivity contribution in [2.75, 3.05) is 18.4 Å². The van der Waals surface area contributed by atoms with Crippen LogP contribution in [-0.2, 0) is 5.41 Å². The first-order chi connectivity index (χ1) is 12.9. The zero-order valence-corrected chi connectivity index (χ0v) is 16.2. The number of aromatic nitrogens is 2. The quantitative estimate of drug-likeness (QED) is 0.786. The van der Waals surface area contributed by atoms with Gasteiger partial charge in [0.25, 0.3) is 0 Å². The Morgan fingerprint density at radius 1 is 1.33 bits per heavy atom. The number of anilines is 1. The van der Waals surface area contributed by atoms with Gasteiger partial charge in [-0.1, -0.05) is 41.3 Å². The molecule has 0 radical (unpaired) electrons. The van der Waals surface area contributed by atoms with Gasteiger partial charge in [-0.2, -0.15) is 4.98 Å². The topological polar surface area (TPSA) is 71.3 Å². The van der Waals surface area contributed by atoms with Crippen molar-refractivity contribution in [1.82, 2.24) is 15.0 Å². The highest BCUT2D eigenvalue weighted by Crippen LogP contribution is 2.43. The lowest BCUT2D eigenvalue weighted by Gasteiger charge is -2.37. The van der Waals surface area contributed by atoms with Crippen molar-refractivity contribution in [3.63, 3.8) is 0 Å². The SMILES string of the molecule is CC1(c2noc([C@@H]3C[C@@H]3F)n2)CCN(C(=O)Nc2c(Cl)cccc2Cl)CC1. The van der Waals surface area contributed by atoms with Crippen LogP contribution in [0.3, 0.4) is 0 Å². The Hall–Kier alpha value is -1.86. The number of benzene rings is 1. The monoisotopic (exact) mass is 412 g/mol. The molecule has 6 nitrogen and oxygen atoms in total. The fourth-order valence-corrected chi connectivity index (χ4v) is 3.77. The van der Waals surface area contributed by atoms with Crippen LogP contribution in [0.5, 0.6) is 0 Å². The number of carbonyl (C=O) groups is 1. The van der Waals surface area contributed by atoms with Gasteiger partial charge >= 0.3 is 6.03 Å². The third-order valence-corrected chi connectivity index (χ3v) is 5.99. The molecule has 1 aromatic heterocycles. The minimum atomic E-state index is -0.867. The van der Waals surface area contributed by atoms with E-state index in [-0.39, 0.29) is 17.4 Å². The molecular formula is C18H19Cl2FN4O2. The minimum absolute atomic E-state index is 0.249. The Bertz CT molecular complexity index is 847. The molecule has 2 atom stereocenters. The van der Waals surface area contributed by atoms with Crippen LogP contribution < -0.4 is 5.32 Å². The molecule has 1 saturated carbocycles. The molecular weight excluding hydrogens is 394 g/mol.